The van der Waals surface area contributed by atoms with Crippen molar-refractivity contribution in [1.29, 1.82) is 0 Å². The summed E-state index contributed by atoms with van der Waals surface area (Å²) in [5.74, 6) is 0.489. The van der Waals surface area contributed by atoms with Crippen LogP contribution in [0, 0.1) is 0 Å². The second-order valence-electron chi connectivity index (χ2n) is 12.5. The van der Waals surface area contributed by atoms with Crippen LogP contribution in [0.5, 0.6) is 0 Å². The Kier molecular flexibility index (Phi) is 5.11. The number of rotatable bonds is 2. The Labute approximate surface area is 251 Å². The van der Waals surface area contributed by atoms with Crippen LogP contribution < -0.4 is 0 Å². The number of hydrogen-bond acceptors (Lipinski definition) is 1. The summed E-state index contributed by atoms with van der Waals surface area (Å²) in [5.41, 5.74) is 12.2. The van der Waals surface area contributed by atoms with E-state index < -0.39 is 0 Å². The normalized spacial score (nSPS) is 19.1. The average molecular weight is 555 g/mol. The van der Waals surface area contributed by atoms with Gasteiger partial charge >= 0.3 is 0 Å². The zero-order valence-electron chi connectivity index (χ0n) is 23.8. The SMILES string of the molecule is CC1(C)c2ccccc2-c2cc3ccc4ccc(-c5ccc(-c6cccc7c6SC6C=CC=CC76)cc5)cc4c3cc21. The van der Waals surface area contributed by atoms with Crippen molar-refractivity contribution >= 4 is 33.3 Å². The first-order valence-corrected chi connectivity index (χ1v) is 15.8. The molecule has 6 aromatic carbocycles. The largest absolute Gasteiger partial charge is 0.117 e. The van der Waals surface area contributed by atoms with Crippen molar-refractivity contribution in [3.63, 3.8) is 0 Å². The molecule has 0 aromatic heterocycles. The predicted molar refractivity (Wildman–Crippen MR) is 181 cm³/mol. The van der Waals surface area contributed by atoms with Gasteiger partial charge in [0.1, 0.15) is 0 Å². The maximum Gasteiger partial charge on any atom is 0.0381 e. The molecule has 1 heterocycles. The molecule has 0 nitrogen and oxygen atoms in total. The van der Waals surface area contributed by atoms with Gasteiger partial charge in [-0.2, -0.15) is 0 Å². The molecule has 2 unspecified atom stereocenters. The summed E-state index contributed by atoms with van der Waals surface area (Å²) < 4.78 is 0. The van der Waals surface area contributed by atoms with E-state index in [0.29, 0.717) is 11.2 Å². The topological polar surface area (TPSA) is 0 Å². The average Bonchev–Trinajstić information content (AvgIpc) is 3.52. The first-order chi connectivity index (χ1) is 20.6. The Bertz CT molecular complexity index is 2140. The molecule has 1 heteroatoms. The van der Waals surface area contributed by atoms with Crippen molar-refractivity contribution in [2.45, 2.75) is 35.3 Å². The standard InChI is InChI=1S/C41H30S/c1-41(2)37-12-5-3-8-31(37)36-23-29-21-19-27-18-20-28(22-34(27)35(29)24-38(36)41)25-14-16-26(17-15-25)30-10-7-11-33-32-9-4-6-13-39(32)42-40(30)33/h3-24,32,39H,1-2H3. The molecule has 0 radical (unpaired) electrons. The molecule has 2 aliphatic carbocycles. The van der Waals surface area contributed by atoms with E-state index in [-0.39, 0.29) is 5.41 Å². The predicted octanol–water partition coefficient (Wildman–Crippen LogP) is 11.3. The van der Waals surface area contributed by atoms with Gasteiger partial charge in [0.15, 0.2) is 0 Å². The minimum absolute atomic E-state index is 0.00399. The Hall–Kier alpha value is -4.33. The van der Waals surface area contributed by atoms with Crippen molar-refractivity contribution in [2.75, 3.05) is 0 Å². The van der Waals surface area contributed by atoms with E-state index in [1.54, 1.807) is 0 Å². The highest BCUT2D eigenvalue weighted by Crippen LogP contribution is 2.52. The van der Waals surface area contributed by atoms with Gasteiger partial charge in [-0.1, -0.05) is 129 Å². The lowest BCUT2D eigenvalue weighted by atomic mass is 9.81. The lowest BCUT2D eigenvalue weighted by molar-refractivity contribution is 0.661. The van der Waals surface area contributed by atoms with Gasteiger partial charge in [0.25, 0.3) is 0 Å². The second kappa shape index (κ2) is 8.84. The van der Waals surface area contributed by atoms with Crippen molar-refractivity contribution in [3.05, 3.63) is 150 Å². The van der Waals surface area contributed by atoms with Gasteiger partial charge in [-0.25, -0.2) is 0 Å². The molecule has 3 aliphatic rings. The van der Waals surface area contributed by atoms with E-state index in [0.717, 1.165) is 0 Å². The summed E-state index contributed by atoms with van der Waals surface area (Å²) in [5, 5.41) is 5.77. The minimum atomic E-state index is -0.00399. The number of hydrogen-bond donors (Lipinski definition) is 0. The molecule has 2 atom stereocenters. The maximum atomic E-state index is 2.47. The quantitative estimate of drug-likeness (QED) is 0.192. The smallest absolute Gasteiger partial charge is 0.0381 e. The van der Waals surface area contributed by atoms with Gasteiger partial charge in [0, 0.05) is 21.5 Å². The van der Waals surface area contributed by atoms with Crippen molar-refractivity contribution < 1.29 is 0 Å². The van der Waals surface area contributed by atoms with Crippen LogP contribution in [-0.2, 0) is 5.41 Å². The van der Waals surface area contributed by atoms with E-state index in [9.17, 15) is 0 Å². The van der Waals surface area contributed by atoms with E-state index >= 15 is 0 Å². The zero-order valence-corrected chi connectivity index (χ0v) is 24.6. The third-order valence-electron chi connectivity index (χ3n) is 9.81. The molecule has 0 amide bonds. The third kappa shape index (κ3) is 3.44. The Morgan fingerprint density at radius 2 is 1.26 bits per heavy atom. The highest BCUT2D eigenvalue weighted by atomic mass is 32.2. The molecule has 0 bridgehead atoms. The fraction of sp³-hybridized carbons (Fsp3) is 0.122. The van der Waals surface area contributed by atoms with Crippen LogP contribution >= 0.6 is 11.8 Å². The first kappa shape index (κ1) is 24.3. The summed E-state index contributed by atoms with van der Waals surface area (Å²) in [7, 11) is 0. The van der Waals surface area contributed by atoms with Crippen LogP contribution in [0.25, 0.3) is 54.9 Å². The van der Waals surface area contributed by atoms with Gasteiger partial charge < -0.3 is 0 Å². The van der Waals surface area contributed by atoms with E-state index in [1.165, 1.54) is 76.5 Å². The highest BCUT2D eigenvalue weighted by molar-refractivity contribution is 8.00. The fourth-order valence-electron chi connectivity index (χ4n) is 7.56. The fourth-order valence-corrected chi connectivity index (χ4v) is 9.04. The van der Waals surface area contributed by atoms with E-state index in [4.69, 9.17) is 0 Å². The number of fused-ring (bicyclic) bond motifs is 9. The van der Waals surface area contributed by atoms with Crippen molar-refractivity contribution in [3.8, 4) is 33.4 Å². The van der Waals surface area contributed by atoms with Gasteiger partial charge in [0.05, 0.1) is 0 Å². The molecular weight excluding hydrogens is 525 g/mol. The molecule has 0 fully saturated rings. The molecule has 42 heavy (non-hydrogen) atoms. The van der Waals surface area contributed by atoms with Crippen LogP contribution in [0.1, 0.15) is 36.5 Å². The lowest BCUT2D eigenvalue weighted by Gasteiger charge is -2.22. The minimum Gasteiger partial charge on any atom is -0.117 e. The Morgan fingerprint density at radius 1 is 0.548 bits per heavy atom. The van der Waals surface area contributed by atoms with E-state index in [2.05, 4.69) is 147 Å². The van der Waals surface area contributed by atoms with Crippen LogP contribution in [0.4, 0.5) is 0 Å². The summed E-state index contributed by atoms with van der Waals surface area (Å²) in [6.45, 7) is 4.73. The number of thioether (sulfide) groups is 1. The maximum absolute atomic E-state index is 2.47. The van der Waals surface area contributed by atoms with Gasteiger partial charge in [-0.3, -0.25) is 0 Å². The Morgan fingerprint density at radius 3 is 2.17 bits per heavy atom. The molecule has 9 rings (SSSR count). The van der Waals surface area contributed by atoms with E-state index in [1.807, 2.05) is 11.8 Å². The molecule has 200 valence electrons. The van der Waals surface area contributed by atoms with Crippen molar-refractivity contribution in [1.82, 2.24) is 0 Å². The first-order valence-electron chi connectivity index (χ1n) is 14.9. The van der Waals surface area contributed by atoms with Crippen molar-refractivity contribution in [2.24, 2.45) is 0 Å². The van der Waals surface area contributed by atoms with Gasteiger partial charge in [-0.15, -0.1) is 11.8 Å². The summed E-state index contributed by atoms with van der Waals surface area (Å²) >= 11 is 2.01. The summed E-state index contributed by atoms with van der Waals surface area (Å²) in [6, 6.07) is 41.3. The molecule has 0 saturated carbocycles. The molecule has 0 saturated heterocycles. The summed E-state index contributed by atoms with van der Waals surface area (Å²) in [4.78, 5) is 1.44. The van der Waals surface area contributed by atoms with Crippen LogP contribution in [0.3, 0.4) is 0 Å². The van der Waals surface area contributed by atoms with Gasteiger partial charge in [-0.05, 0) is 89.8 Å². The highest BCUT2D eigenvalue weighted by Gasteiger charge is 2.35. The summed E-state index contributed by atoms with van der Waals surface area (Å²) in [6.07, 6.45) is 9.08. The van der Waals surface area contributed by atoms with Crippen LogP contribution in [-0.4, -0.2) is 5.25 Å². The molecule has 1 aliphatic heterocycles. The Balaban J connectivity index is 1.13. The van der Waals surface area contributed by atoms with Crippen LogP contribution in [0.15, 0.2) is 138 Å². The zero-order chi connectivity index (χ0) is 28.0. The number of benzene rings is 6. The third-order valence-corrected chi connectivity index (χ3v) is 11.2. The lowest BCUT2D eigenvalue weighted by Crippen LogP contribution is -2.14. The van der Waals surface area contributed by atoms with Crippen LogP contribution in [0.2, 0.25) is 0 Å². The number of allylic oxidation sites excluding steroid dienone is 3. The van der Waals surface area contributed by atoms with Gasteiger partial charge in [0.2, 0.25) is 0 Å². The molecule has 0 N–H and O–H groups in total. The molecule has 6 aromatic rings. The molecular formula is C41H30S. The monoisotopic (exact) mass is 554 g/mol. The second-order valence-corrected chi connectivity index (χ2v) is 13.7. The molecule has 0 spiro atoms.